The number of nitrogens with one attached hydrogen (secondary N) is 1. The van der Waals surface area contributed by atoms with E-state index in [1.54, 1.807) is 14.2 Å². The lowest BCUT2D eigenvalue weighted by Gasteiger charge is -2.11. The second kappa shape index (κ2) is 9.09. The molecule has 0 radical (unpaired) electrons. The predicted molar refractivity (Wildman–Crippen MR) is 122 cm³/mol. The molecule has 0 saturated heterocycles. The van der Waals surface area contributed by atoms with Crippen LogP contribution in [0.25, 0.3) is 16.2 Å². The molecule has 160 valence electrons. The number of thiazole rings is 1. The van der Waals surface area contributed by atoms with Crippen LogP contribution >= 0.6 is 11.3 Å². The van der Waals surface area contributed by atoms with Crippen molar-refractivity contribution >= 4 is 27.9 Å². The van der Waals surface area contributed by atoms with Crippen molar-refractivity contribution in [3.8, 4) is 28.5 Å². The molecule has 0 saturated carbocycles. The highest BCUT2D eigenvalue weighted by molar-refractivity contribution is 7.15. The Balaban J connectivity index is 1.58. The van der Waals surface area contributed by atoms with Gasteiger partial charge in [-0.05, 0) is 37.3 Å². The second-order valence-corrected chi connectivity index (χ2v) is 7.56. The van der Waals surface area contributed by atoms with E-state index in [4.69, 9.17) is 19.2 Å². The van der Waals surface area contributed by atoms with E-state index < -0.39 is 0 Å². The van der Waals surface area contributed by atoms with Crippen molar-refractivity contribution in [2.24, 2.45) is 0 Å². The van der Waals surface area contributed by atoms with Crippen molar-refractivity contribution in [3.63, 3.8) is 0 Å². The fourth-order valence-electron chi connectivity index (χ4n) is 3.31. The summed E-state index contributed by atoms with van der Waals surface area (Å²) in [6.07, 6.45) is 2.13. The number of aromatic nitrogens is 2. The number of carbonyl (C=O) groups is 1. The number of imidazole rings is 1. The van der Waals surface area contributed by atoms with Gasteiger partial charge in [-0.25, -0.2) is 4.98 Å². The van der Waals surface area contributed by atoms with Gasteiger partial charge in [-0.2, -0.15) is 0 Å². The highest BCUT2D eigenvalue weighted by Gasteiger charge is 2.16. The second-order valence-electron chi connectivity index (χ2n) is 6.73. The summed E-state index contributed by atoms with van der Waals surface area (Å²) >= 11 is 1.49. The number of nitrogens with zero attached hydrogens (tertiary/aromatic N) is 2. The van der Waals surface area contributed by atoms with Gasteiger partial charge in [0.15, 0.2) is 4.96 Å². The number of fused-ring (bicyclic) bond motifs is 1. The number of carbonyl (C=O) groups excluding carboxylic acids is 1. The summed E-state index contributed by atoms with van der Waals surface area (Å²) in [7, 11) is 3.25. The van der Waals surface area contributed by atoms with Crippen LogP contribution in [0, 0.1) is 0 Å². The van der Waals surface area contributed by atoms with Crippen LogP contribution in [0.3, 0.4) is 0 Å². The van der Waals surface area contributed by atoms with Gasteiger partial charge >= 0.3 is 0 Å². The SMILES string of the molecule is CCOc1ccccc1NC(=O)Cc1csc2nc(-c3cc(OC)ccc3OC)cn12. The minimum atomic E-state index is -0.124. The van der Waals surface area contributed by atoms with Gasteiger partial charge in [-0.1, -0.05) is 12.1 Å². The van der Waals surface area contributed by atoms with Crippen LogP contribution in [0.15, 0.2) is 54.0 Å². The molecule has 31 heavy (non-hydrogen) atoms. The molecule has 8 heteroatoms. The minimum Gasteiger partial charge on any atom is -0.497 e. The molecule has 0 bridgehead atoms. The Labute approximate surface area is 184 Å². The first-order chi connectivity index (χ1) is 15.1. The predicted octanol–water partition coefficient (Wildman–Crippen LogP) is 4.66. The Kier molecular flexibility index (Phi) is 6.08. The van der Waals surface area contributed by atoms with E-state index in [-0.39, 0.29) is 12.3 Å². The topological polar surface area (TPSA) is 74.1 Å². The third-order valence-corrected chi connectivity index (χ3v) is 5.66. The number of para-hydroxylation sites is 2. The molecular weight excluding hydrogens is 414 g/mol. The molecule has 2 heterocycles. The Hall–Kier alpha value is -3.52. The zero-order chi connectivity index (χ0) is 21.8. The van der Waals surface area contributed by atoms with E-state index in [1.807, 2.05) is 65.4 Å². The Morgan fingerprint density at radius 3 is 2.74 bits per heavy atom. The first kappa shape index (κ1) is 20.7. The molecular formula is C23H23N3O4S. The number of hydrogen-bond acceptors (Lipinski definition) is 6. The van der Waals surface area contributed by atoms with E-state index in [9.17, 15) is 4.79 Å². The van der Waals surface area contributed by atoms with Gasteiger partial charge in [0.1, 0.15) is 17.2 Å². The molecule has 1 N–H and O–H groups in total. The number of methoxy groups -OCH3 is 2. The molecule has 7 nitrogen and oxygen atoms in total. The lowest BCUT2D eigenvalue weighted by atomic mass is 10.1. The minimum absolute atomic E-state index is 0.124. The molecule has 0 aliphatic heterocycles. The van der Waals surface area contributed by atoms with E-state index in [0.29, 0.717) is 23.8 Å². The highest BCUT2D eigenvalue weighted by Crippen LogP contribution is 2.34. The summed E-state index contributed by atoms with van der Waals surface area (Å²) in [6, 6.07) is 13.0. The van der Waals surface area contributed by atoms with Gasteiger partial charge in [0.05, 0.1) is 38.6 Å². The number of rotatable bonds is 8. The van der Waals surface area contributed by atoms with Gasteiger partial charge in [-0.3, -0.25) is 9.20 Å². The first-order valence-corrected chi connectivity index (χ1v) is 10.7. The molecule has 0 atom stereocenters. The average molecular weight is 438 g/mol. The van der Waals surface area contributed by atoms with E-state index in [2.05, 4.69) is 5.32 Å². The normalized spacial score (nSPS) is 10.8. The van der Waals surface area contributed by atoms with E-state index in [1.165, 1.54) is 11.3 Å². The average Bonchev–Trinajstić information content (AvgIpc) is 3.36. The summed E-state index contributed by atoms with van der Waals surface area (Å²) in [5, 5.41) is 4.89. The number of benzene rings is 2. The number of ether oxygens (including phenoxy) is 3. The van der Waals surface area contributed by atoms with Crippen LogP contribution in [0.2, 0.25) is 0 Å². The third-order valence-electron chi connectivity index (χ3n) is 4.77. The standard InChI is InChI=1S/C23H23N3O4S/c1-4-30-21-8-6-5-7-18(21)24-22(27)11-15-14-31-23-25-19(13-26(15)23)17-12-16(28-2)9-10-20(17)29-3/h5-10,12-14H,4,11H2,1-3H3,(H,24,27). The summed E-state index contributed by atoms with van der Waals surface area (Å²) in [5.41, 5.74) is 3.10. The molecule has 0 unspecified atom stereocenters. The molecule has 2 aromatic carbocycles. The molecule has 4 rings (SSSR count). The van der Waals surface area contributed by atoms with Crippen LogP contribution in [-0.4, -0.2) is 36.1 Å². The van der Waals surface area contributed by atoms with Gasteiger partial charge in [0, 0.05) is 22.8 Å². The Morgan fingerprint density at radius 2 is 1.97 bits per heavy atom. The maximum absolute atomic E-state index is 12.7. The summed E-state index contributed by atoms with van der Waals surface area (Å²) < 4.78 is 18.4. The van der Waals surface area contributed by atoms with Crippen molar-refractivity contribution < 1.29 is 19.0 Å². The van der Waals surface area contributed by atoms with Crippen molar-refractivity contribution in [2.75, 3.05) is 26.1 Å². The van der Waals surface area contributed by atoms with E-state index >= 15 is 0 Å². The van der Waals surface area contributed by atoms with Crippen LogP contribution < -0.4 is 19.5 Å². The quantitative estimate of drug-likeness (QED) is 0.434. The molecule has 0 fully saturated rings. The number of hydrogen-bond donors (Lipinski definition) is 1. The zero-order valence-corrected chi connectivity index (χ0v) is 18.4. The van der Waals surface area contributed by atoms with Crippen LogP contribution in [0.4, 0.5) is 5.69 Å². The monoisotopic (exact) mass is 437 g/mol. The van der Waals surface area contributed by atoms with Crippen molar-refractivity contribution in [2.45, 2.75) is 13.3 Å². The maximum Gasteiger partial charge on any atom is 0.230 e. The zero-order valence-electron chi connectivity index (χ0n) is 17.5. The highest BCUT2D eigenvalue weighted by atomic mass is 32.1. The van der Waals surface area contributed by atoms with E-state index in [0.717, 1.165) is 27.7 Å². The number of amides is 1. The largest absolute Gasteiger partial charge is 0.497 e. The molecule has 4 aromatic rings. The lowest BCUT2D eigenvalue weighted by molar-refractivity contribution is -0.115. The molecule has 0 aliphatic rings. The maximum atomic E-state index is 12.7. The molecule has 2 aromatic heterocycles. The van der Waals surface area contributed by atoms with Gasteiger partial charge < -0.3 is 19.5 Å². The van der Waals surface area contributed by atoms with Gasteiger partial charge in [0.25, 0.3) is 0 Å². The summed E-state index contributed by atoms with van der Waals surface area (Å²) in [4.78, 5) is 18.2. The smallest absolute Gasteiger partial charge is 0.230 e. The third kappa shape index (κ3) is 4.34. The van der Waals surface area contributed by atoms with Crippen molar-refractivity contribution in [1.82, 2.24) is 9.38 Å². The molecule has 1 amide bonds. The fraction of sp³-hybridized carbons (Fsp3) is 0.217. The van der Waals surface area contributed by atoms with Crippen LogP contribution in [-0.2, 0) is 11.2 Å². The molecule has 0 aliphatic carbocycles. The fourth-order valence-corrected chi connectivity index (χ4v) is 4.18. The van der Waals surface area contributed by atoms with Gasteiger partial charge in [0.2, 0.25) is 5.91 Å². The Bertz CT molecular complexity index is 1210. The summed E-state index contributed by atoms with van der Waals surface area (Å²) in [5.74, 6) is 1.96. The van der Waals surface area contributed by atoms with Crippen molar-refractivity contribution in [1.29, 1.82) is 0 Å². The summed E-state index contributed by atoms with van der Waals surface area (Å²) in [6.45, 7) is 2.44. The van der Waals surface area contributed by atoms with Crippen LogP contribution in [0.5, 0.6) is 17.2 Å². The Morgan fingerprint density at radius 1 is 1.13 bits per heavy atom. The first-order valence-electron chi connectivity index (χ1n) is 9.82. The number of anilines is 1. The lowest BCUT2D eigenvalue weighted by Crippen LogP contribution is -2.16. The molecule has 0 spiro atoms. The van der Waals surface area contributed by atoms with Gasteiger partial charge in [-0.15, -0.1) is 11.3 Å². The van der Waals surface area contributed by atoms with Crippen molar-refractivity contribution in [3.05, 3.63) is 59.7 Å². The van der Waals surface area contributed by atoms with Crippen LogP contribution in [0.1, 0.15) is 12.6 Å².